The quantitative estimate of drug-likeness (QED) is 0.362. The molecule has 0 aliphatic rings. The van der Waals surface area contributed by atoms with Crippen molar-refractivity contribution < 1.29 is 9.47 Å². The summed E-state index contributed by atoms with van der Waals surface area (Å²) >= 11 is 5.41. The maximum absolute atomic E-state index is 5.98. The van der Waals surface area contributed by atoms with Crippen molar-refractivity contribution in [1.29, 1.82) is 0 Å². The Hall–Kier alpha value is -3.05. The van der Waals surface area contributed by atoms with Gasteiger partial charge in [0.25, 0.3) is 0 Å². The highest BCUT2D eigenvalue weighted by molar-refractivity contribution is 7.80. The fourth-order valence-electron chi connectivity index (χ4n) is 3.02. The van der Waals surface area contributed by atoms with Gasteiger partial charge in [-0.15, -0.1) is 0 Å². The average molecular weight is 435 g/mol. The summed E-state index contributed by atoms with van der Waals surface area (Å²) in [4.78, 5) is 0. The lowest BCUT2D eigenvalue weighted by Crippen LogP contribution is -2.18. The number of benzene rings is 3. The van der Waals surface area contributed by atoms with Crippen LogP contribution in [0.5, 0.6) is 17.2 Å². The summed E-state index contributed by atoms with van der Waals surface area (Å²) < 4.78 is 11.4. The summed E-state index contributed by atoms with van der Waals surface area (Å²) in [5.74, 6) is 2.44. The number of ether oxygens (including phenoxy) is 2. The summed E-state index contributed by atoms with van der Waals surface area (Å²) in [6.07, 6.45) is 1.09. The lowest BCUT2D eigenvalue weighted by molar-refractivity contribution is 0.340. The number of nitrogens with one attached hydrogen (secondary N) is 2. The van der Waals surface area contributed by atoms with E-state index in [9.17, 15) is 0 Å². The predicted molar refractivity (Wildman–Crippen MR) is 134 cm³/mol. The van der Waals surface area contributed by atoms with Crippen molar-refractivity contribution >= 4 is 28.7 Å². The summed E-state index contributed by atoms with van der Waals surface area (Å²) in [5.41, 5.74) is 3.27. The Bertz CT molecular complexity index is 981. The Morgan fingerprint density at radius 1 is 0.742 bits per heavy atom. The van der Waals surface area contributed by atoms with Crippen LogP contribution >= 0.6 is 12.2 Å². The summed E-state index contributed by atoms with van der Waals surface area (Å²) in [7, 11) is 0. The zero-order valence-corrected chi connectivity index (χ0v) is 19.4. The van der Waals surface area contributed by atoms with E-state index in [0.717, 1.165) is 35.0 Å². The zero-order valence-electron chi connectivity index (χ0n) is 18.6. The van der Waals surface area contributed by atoms with Gasteiger partial charge in [-0.2, -0.15) is 0 Å². The van der Waals surface area contributed by atoms with Crippen LogP contribution in [0.25, 0.3) is 0 Å². The number of thiocarbonyl (C=S) groups is 1. The van der Waals surface area contributed by atoms with Gasteiger partial charge in [0, 0.05) is 11.4 Å². The second kappa shape index (κ2) is 10.3. The third-order valence-electron chi connectivity index (χ3n) is 5.29. The summed E-state index contributed by atoms with van der Waals surface area (Å²) in [6.45, 7) is 9.33. The van der Waals surface area contributed by atoms with Gasteiger partial charge in [-0.1, -0.05) is 32.9 Å². The normalized spacial score (nSPS) is 11.0. The third-order valence-corrected chi connectivity index (χ3v) is 5.49. The highest BCUT2D eigenvalue weighted by atomic mass is 32.1. The molecule has 5 heteroatoms. The Morgan fingerprint density at radius 2 is 1.19 bits per heavy atom. The van der Waals surface area contributed by atoms with Crippen molar-refractivity contribution in [2.75, 3.05) is 17.2 Å². The number of hydrogen-bond acceptors (Lipinski definition) is 3. The van der Waals surface area contributed by atoms with Gasteiger partial charge in [0.15, 0.2) is 5.11 Å². The molecule has 2 N–H and O–H groups in total. The molecule has 0 fully saturated rings. The Balaban J connectivity index is 1.54. The molecule has 0 heterocycles. The fraction of sp³-hybridized carbons (Fsp3) is 0.269. The molecule has 0 spiro atoms. The van der Waals surface area contributed by atoms with Crippen molar-refractivity contribution in [3.63, 3.8) is 0 Å². The maximum atomic E-state index is 5.98. The Labute approximate surface area is 190 Å². The smallest absolute Gasteiger partial charge is 0.175 e. The number of hydrogen-bond donors (Lipinski definition) is 2. The zero-order chi connectivity index (χ0) is 22.3. The number of anilines is 2. The van der Waals surface area contributed by atoms with Crippen molar-refractivity contribution in [2.45, 2.75) is 39.5 Å². The van der Waals surface area contributed by atoms with E-state index < -0.39 is 0 Å². The maximum Gasteiger partial charge on any atom is 0.175 e. The largest absolute Gasteiger partial charge is 0.494 e. The molecule has 0 saturated heterocycles. The first-order chi connectivity index (χ1) is 14.9. The van der Waals surface area contributed by atoms with Crippen molar-refractivity contribution in [1.82, 2.24) is 0 Å². The van der Waals surface area contributed by atoms with Gasteiger partial charge in [0.1, 0.15) is 17.2 Å². The lowest BCUT2D eigenvalue weighted by atomic mass is 9.82. The minimum Gasteiger partial charge on any atom is -0.494 e. The topological polar surface area (TPSA) is 42.5 Å². The van der Waals surface area contributed by atoms with E-state index in [0.29, 0.717) is 11.7 Å². The molecule has 0 aliphatic carbocycles. The van der Waals surface area contributed by atoms with Crippen LogP contribution < -0.4 is 20.1 Å². The molecule has 0 unspecified atom stereocenters. The molecule has 3 rings (SSSR count). The molecule has 31 heavy (non-hydrogen) atoms. The molecule has 3 aromatic rings. The van der Waals surface area contributed by atoms with Crippen LogP contribution in [0.3, 0.4) is 0 Å². The van der Waals surface area contributed by atoms with Gasteiger partial charge in [0.05, 0.1) is 6.61 Å². The summed E-state index contributed by atoms with van der Waals surface area (Å²) in [6, 6.07) is 23.7. The van der Waals surface area contributed by atoms with Crippen molar-refractivity contribution in [2.24, 2.45) is 0 Å². The van der Waals surface area contributed by atoms with Gasteiger partial charge in [-0.25, -0.2) is 0 Å². The van der Waals surface area contributed by atoms with Gasteiger partial charge >= 0.3 is 0 Å². The molecule has 0 amide bonds. The first-order valence-corrected chi connectivity index (χ1v) is 11.0. The molecular weight excluding hydrogens is 404 g/mol. The molecule has 0 aromatic heterocycles. The predicted octanol–water partition coefficient (Wildman–Crippen LogP) is 7.37. The standard InChI is InChI=1S/C26H30N2O2S/c1-5-26(3,4)19-7-13-23(14-8-19)30-24-17-11-21(12-18-24)28-25(31)27-20-9-15-22(16-10-20)29-6-2/h7-18H,5-6H2,1-4H3,(H2,27,28,31). The highest BCUT2D eigenvalue weighted by Gasteiger charge is 2.17. The van der Waals surface area contributed by atoms with Gasteiger partial charge in [0.2, 0.25) is 0 Å². The molecule has 3 aromatic carbocycles. The molecule has 4 nitrogen and oxygen atoms in total. The third kappa shape index (κ3) is 6.46. The minimum absolute atomic E-state index is 0.170. The van der Waals surface area contributed by atoms with Gasteiger partial charge in [-0.3, -0.25) is 0 Å². The van der Waals surface area contributed by atoms with Crippen molar-refractivity contribution in [3.8, 4) is 17.2 Å². The van der Waals surface area contributed by atoms with Gasteiger partial charge < -0.3 is 20.1 Å². The van der Waals surface area contributed by atoms with Crippen LogP contribution in [-0.4, -0.2) is 11.7 Å². The van der Waals surface area contributed by atoms with Gasteiger partial charge in [-0.05, 0) is 97.2 Å². The fourth-order valence-corrected chi connectivity index (χ4v) is 3.25. The van der Waals surface area contributed by atoms with Crippen LogP contribution in [0.1, 0.15) is 39.7 Å². The first-order valence-electron chi connectivity index (χ1n) is 10.6. The van der Waals surface area contributed by atoms with Crippen LogP contribution in [0, 0.1) is 0 Å². The van der Waals surface area contributed by atoms with E-state index in [-0.39, 0.29) is 5.41 Å². The first kappa shape index (κ1) is 22.6. The molecule has 0 saturated carbocycles. The molecule has 0 aliphatic heterocycles. The number of rotatable bonds is 8. The monoisotopic (exact) mass is 434 g/mol. The molecule has 0 bridgehead atoms. The van der Waals surface area contributed by atoms with E-state index in [1.807, 2.05) is 67.6 Å². The van der Waals surface area contributed by atoms with Crippen molar-refractivity contribution in [3.05, 3.63) is 78.4 Å². The van der Waals surface area contributed by atoms with E-state index in [1.165, 1.54) is 5.56 Å². The second-order valence-corrected chi connectivity index (χ2v) is 8.33. The van der Waals surface area contributed by atoms with E-state index in [4.69, 9.17) is 21.7 Å². The highest BCUT2D eigenvalue weighted by Crippen LogP contribution is 2.30. The molecule has 0 radical (unpaired) electrons. The van der Waals surface area contributed by atoms with Crippen LogP contribution in [0.4, 0.5) is 11.4 Å². The SMILES string of the molecule is CCOc1ccc(NC(=S)Nc2ccc(Oc3ccc(C(C)(C)CC)cc3)cc2)cc1. The second-order valence-electron chi connectivity index (χ2n) is 7.92. The summed E-state index contributed by atoms with van der Waals surface area (Å²) in [5, 5.41) is 6.88. The van der Waals surface area contributed by atoms with E-state index >= 15 is 0 Å². The molecule has 0 atom stereocenters. The van der Waals surface area contributed by atoms with Crippen LogP contribution in [0.2, 0.25) is 0 Å². The molecule has 162 valence electrons. The molecular formula is C26H30N2O2S. The Morgan fingerprint density at radius 3 is 1.65 bits per heavy atom. The average Bonchev–Trinajstić information content (AvgIpc) is 2.77. The van der Waals surface area contributed by atoms with E-state index in [2.05, 4.69) is 43.5 Å². The Kier molecular flexibility index (Phi) is 7.53. The van der Waals surface area contributed by atoms with Crippen LogP contribution in [-0.2, 0) is 5.41 Å². The van der Waals surface area contributed by atoms with E-state index in [1.54, 1.807) is 0 Å². The lowest BCUT2D eigenvalue weighted by Gasteiger charge is -2.23. The van der Waals surface area contributed by atoms with Crippen LogP contribution in [0.15, 0.2) is 72.8 Å². The minimum atomic E-state index is 0.170.